The molecule has 2 saturated heterocycles. The molecule has 48 heavy (non-hydrogen) atoms. The number of rotatable bonds is 6. The molecule has 0 spiro atoms. The summed E-state index contributed by atoms with van der Waals surface area (Å²) in [5.41, 5.74) is -0.946. The van der Waals surface area contributed by atoms with Crippen molar-refractivity contribution >= 4 is 5.97 Å². The van der Waals surface area contributed by atoms with Crippen LogP contribution in [0.4, 0.5) is 0 Å². The quantitative estimate of drug-likeness (QED) is 0.150. The zero-order valence-corrected chi connectivity index (χ0v) is 27.9. The SMILES string of the molecule is C[C@H]1O[C@@H](O[C@H]2CC[C@]3(C)[C@H]4CC[C@]5(C)[C@@H](C6=CC(=O)OC6)CC[C@]5(O)C4=CC[C@]3(O)C2)C[C@H](O)[C@@H]1O[C@@H]1O[C@H](CO)[C@@H](O)[C@H](O)[C@H]1O. The Morgan fingerprint density at radius 3 is 2.33 bits per heavy atom. The predicted molar refractivity (Wildman–Crippen MR) is 166 cm³/mol. The van der Waals surface area contributed by atoms with Gasteiger partial charge in [-0.15, -0.1) is 0 Å². The Kier molecular flexibility index (Phi) is 8.97. The maximum absolute atomic E-state index is 12.4. The highest BCUT2D eigenvalue weighted by Crippen LogP contribution is 2.69. The number of esters is 1. The summed E-state index contributed by atoms with van der Waals surface area (Å²) in [7, 11) is 0. The molecule has 13 heteroatoms. The van der Waals surface area contributed by atoms with E-state index in [1.165, 1.54) is 0 Å². The molecule has 4 aliphatic carbocycles. The van der Waals surface area contributed by atoms with Crippen molar-refractivity contribution in [3.05, 3.63) is 23.3 Å². The van der Waals surface area contributed by atoms with Gasteiger partial charge in [-0.25, -0.2) is 4.79 Å². The van der Waals surface area contributed by atoms with Crippen molar-refractivity contribution in [3.63, 3.8) is 0 Å². The molecule has 0 aromatic rings. The van der Waals surface area contributed by atoms with Crippen LogP contribution in [0.3, 0.4) is 0 Å². The van der Waals surface area contributed by atoms with Crippen LogP contribution in [0.15, 0.2) is 23.3 Å². The number of aliphatic hydroxyl groups excluding tert-OH is 5. The van der Waals surface area contributed by atoms with E-state index >= 15 is 0 Å². The van der Waals surface area contributed by atoms with Gasteiger partial charge in [0.15, 0.2) is 12.6 Å². The van der Waals surface area contributed by atoms with E-state index in [0.29, 0.717) is 38.7 Å². The van der Waals surface area contributed by atoms with Gasteiger partial charge in [0.2, 0.25) is 0 Å². The second-order valence-corrected chi connectivity index (χ2v) is 16.0. The van der Waals surface area contributed by atoms with Gasteiger partial charge >= 0.3 is 5.97 Å². The highest BCUT2D eigenvalue weighted by Gasteiger charge is 2.68. The maximum atomic E-state index is 12.4. The lowest BCUT2D eigenvalue weighted by Gasteiger charge is -2.63. The summed E-state index contributed by atoms with van der Waals surface area (Å²) in [6, 6.07) is 0. The molecule has 3 saturated carbocycles. The fraction of sp³-hybridized carbons (Fsp3) is 0.857. The molecule has 3 aliphatic heterocycles. The summed E-state index contributed by atoms with van der Waals surface area (Å²) in [5, 5.41) is 75.8. The van der Waals surface area contributed by atoms with Crippen molar-refractivity contribution in [2.75, 3.05) is 13.2 Å². The summed E-state index contributed by atoms with van der Waals surface area (Å²) in [6.07, 6.45) is -2.18. The minimum atomic E-state index is -1.60. The molecule has 0 radical (unpaired) electrons. The first-order chi connectivity index (χ1) is 22.6. The van der Waals surface area contributed by atoms with E-state index in [0.717, 1.165) is 30.4 Å². The van der Waals surface area contributed by atoms with Gasteiger partial charge in [-0.05, 0) is 74.9 Å². The lowest BCUT2D eigenvalue weighted by Crippen LogP contribution is -2.63. The van der Waals surface area contributed by atoms with Crippen molar-refractivity contribution < 1.29 is 64.2 Å². The number of aliphatic hydroxyl groups is 7. The van der Waals surface area contributed by atoms with Gasteiger partial charge in [0.1, 0.15) is 37.1 Å². The molecule has 7 N–H and O–H groups in total. The number of hydrogen-bond acceptors (Lipinski definition) is 13. The van der Waals surface area contributed by atoms with Crippen LogP contribution in [0, 0.1) is 22.7 Å². The summed E-state index contributed by atoms with van der Waals surface area (Å²) < 4.78 is 29.0. The van der Waals surface area contributed by atoms with E-state index in [-0.39, 0.29) is 30.3 Å². The van der Waals surface area contributed by atoms with E-state index < -0.39 is 83.9 Å². The zero-order valence-electron chi connectivity index (χ0n) is 27.9. The molecule has 0 bridgehead atoms. The van der Waals surface area contributed by atoms with Crippen LogP contribution in [0.1, 0.15) is 78.6 Å². The maximum Gasteiger partial charge on any atom is 0.331 e. The van der Waals surface area contributed by atoms with Crippen molar-refractivity contribution in [1.82, 2.24) is 0 Å². The van der Waals surface area contributed by atoms with Crippen LogP contribution in [0.2, 0.25) is 0 Å². The zero-order chi connectivity index (χ0) is 34.4. The Balaban J connectivity index is 1.00. The highest BCUT2D eigenvalue weighted by atomic mass is 16.7. The van der Waals surface area contributed by atoms with Crippen molar-refractivity contribution in [2.24, 2.45) is 22.7 Å². The third-order valence-corrected chi connectivity index (χ3v) is 13.6. The Hall–Kier alpha value is -1.49. The van der Waals surface area contributed by atoms with E-state index in [2.05, 4.69) is 19.9 Å². The molecule has 7 rings (SSSR count). The molecule has 3 heterocycles. The van der Waals surface area contributed by atoms with Crippen LogP contribution < -0.4 is 0 Å². The number of ether oxygens (including phenoxy) is 5. The summed E-state index contributed by atoms with van der Waals surface area (Å²) in [5.74, 6) is -0.225. The van der Waals surface area contributed by atoms with E-state index in [4.69, 9.17) is 23.7 Å². The Labute approximate surface area is 280 Å². The molecule has 0 aromatic heterocycles. The number of cyclic esters (lactones) is 1. The van der Waals surface area contributed by atoms with Gasteiger partial charge in [-0.1, -0.05) is 19.9 Å². The van der Waals surface area contributed by atoms with Crippen LogP contribution in [0.25, 0.3) is 0 Å². The lowest BCUT2D eigenvalue weighted by atomic mass is 9.45. The van der Waals surface area contributed by atoms with Gasteiger partial charge in [-0.2, -0.15) is 0 Å². The molecule has 0 aromatic carbocycles. The summed E-state index contributed by atoms with van der Waals surface area (Å²) >= 11 is 0. The average Bonchev–Trinajstić information content (AvgIpc) is 3.58. The molecule has 5 fully saturated rings. The van der Waals surface area contributed by atoms with Gasteiger partial charge < -0.3 is 59.4 Å². The first-order valence-corrected chi connectivity index (χ1v) is 17.6. The Morgan fingerprint density at radius 2 is 1.65 bits per heavy atom. The van der Waals surface area contributed by atoms with Crippen molar-refractivity contribution in [1.29, 1.82) is 0 Å². The molecule has 13 nitrogen and oxygen atoms in total. The minimum Gasteiger partial charge on any atom is -0.458 e. The van der Waals surface area contributed by atoms with Crippen LogP contribution in [-0.4, -0.2) is 128 Å². The molecular formula is C35H52O13. The molecule has 270 valence electrons. The Morgan fingerprint density at radius 1 is 0.917 bits per heavy atom. The normalized spacial score (nSPS) is 53.7. The van der Waals surface area contributed by atoms with Gasteiger partial charge in [0.25, 0.3) is 0 Å². The molecule has 0 unspecified atom stereocenters. The molecule has 0 amide bonds. The molecular weight excluding hydrogens is 628 g/mol. The van der Waals surface area contributed by atoms with Crippen LogP contribution in [-0.2, 0) is 28.5 Å². The third-order valence-electron chi connectivity index (χ3n) is 13.6. The van der Waals surface area contributed by atoms with Gasteiger partial charge in [0.05, 0.1) is 36.1 Å². The highest BCUT2D eigenvalue weighted by molar-refractivity contribution is 5.85. The molecule has 7 aliphatic rings. The minimum absolute atomic E-state index is 0.0116. The topological polar surface area (TPSA) is 205 Å². The van der Waals surface area contributed by atoms with Gasteiger partial charge in [0, 0.05) is 29.7 Å². The van der Waals surface area contributed by atoms with Crippen LogP contribution in [0.5, 0.6) is 0 Å². The monoisotopic (exact) mass is 680 g/mol. The Bertz CT molecular complexity index is 1310. The average molecular weight is 681 g/mol. The molecule has 16 atom stereocenters. The first kappa shape index (κ1) is 34.9. The number of hydrogen-bond donors (Lipinski definition) is 7. The predicted octanol–water partition coefficient (Wildman–Crippen LogP) is 0.345. The number of carbonyl (C=O) groups is 1. The van der Waals surface area contributed by atoms with Crippen molar-refractivity contribution in [3.8, 4) is 0 Å². The van der Waals surface area contributed by atoms with E-state index in [1.807, 2.05) is 0 Å². The lowest BCUT2D eigenvalue weighted by molar-refractivity contribution is -0.345. The van der Waals surface area contributed by atoms with E-state index in [9.17, 15) is 40.5 Å². The fourth-order valence-electron chi connectivity index (χ4n) is 10.6. The second-order valence-electron chi connectivity index (χ2n) is 16.0. The first-order valence-electron chi connectivity index (χ1n) is 17.6. The second kappa shape index (κ2) is 12.3. The largest absolute Gasteiger partial charge is 0.458 e. The fourth-order valence-corrected chi connectivity index (χ4v) is 10.6. The number of fused-ring (bicyclic) bond motifs is 5. The number of carbonyl (C=O) groups excluding carboxylic acids is 1. The van der Waals surface area contributed by atoms with E-state index in [1.54, 1.807) is 13.0 Å². The summed E-state index contributed by atoms with van der Waals surface area (Å²) in [6.45, 7) is 5.69. The summed E-state index contributed by atoms with van der Waals surface area (Å²) in [4.78, 5) is 11.9. The standard InChI is InChI=1S/C35H52O13/c1-17-30(48-31-29(41)28(40)27(39)24(15-36)47-31)23(37)13-26(45-17)46-19-4-8-32(2)21-5-9-33(3)20(18-12-25(38)44-16-18)7-11-35(33,43)22(21)6-10-34(32,42)14-19/h6,12,17,19-21,23-24,26-31,36-37,39-43H,4-5,7-11,13-16H2,1-3H3/t17-,19+,20-,21+,23+,24-,26+,27-,28+,29-,30-,31+,32-,33-,34+,35+/m1/s1. The third kappa shape index (κ3) is 5.26. The smallest absolute Gasteiger partial charge is 0.331 e. The van der Waals surface area contributed by atoms with Gasteiger partial charge in [-0.3, -0.25) is 0 Å². The van der Waals surface area contributed by atoms with Crippen molar-refractivity contribution in [2.45, 2.75) is 151 Å². The van der Waals surface area contributed by atoms with Crippen LogP contribution >= 0.6 is 0 Å².